The molecule has 20 heavy (non-hydrogen) atoms. The van der Waals surface area contributed by atoms with Crippen molar-refractivity contribution in [1.82, 2.24) is 0 Å². The molecule has 1 unspecified atom stereocenters. The van der Waals surface area contributed by atoms with Crippen LogP contribution in [0.4, 0.5) is 13.2 Å². The number of hydrogen-bond acceptors (Lipinski definition) is 1. The molecule has 0 spiro atoms. The van der Waals surface area contributed by atoms with Crippen molar-refractivity contribution in [2.75, 3.05) is 0 Å². The summed E-state index contributed by atoms with van der Waals surface area (Å²) in [7, 11) is 0. The van der Waals surface area contributed by atoms with E-state index in [1.165, 1.54) is 31.2 Å². The first-order valence-corrected chi connectivity index (χ1v) is 6.42. The monoisotopic (exact) mass is 299 g/mol. The Morgan fingerprint density at radius 2 is 1.80 bits per heavy atom. The average Bonchev–Trinajstić information content (AvgIpc) is 2.39. The van der Waals surface area contributed by atoms with E-state index in [0.717, 1.165) is 0 Å². The first-order valence-electron chi connectivity index (χ1n) is 6.04. The highest BCUT2D eigenvalue weighted by Gasteiger charge is 2.19. The third kappa shape index (κ3) is 2.97. The highest BCUT2D eigenvalue weighted by atomic mass is 35.5. The van der Waals surface area contributed by atoms with Crippen LogP contribution in [-0.4, -0.2) is 0 Å². The summed E-state index contributed by atoms with van der Waals surface area (Å²) >= 11 is 5.58. The van der Waals surface area contributed by atoms with E-state index in [1.807, 2.05) is 0 Å². The topological polar surface area (TPSA) is 26.0 Å². The Morgan fingerprint density at radius 3 is 2.45 bits per heavy atom. The Hall–Kier alpha value is -1.52. The molecule has 2 rings (SSSR count). The second-order valence-corrected chi connectivity index (χ2v) is 5.06. The van der Waals surface area contributed by atoms with Gasteiger partial charge in [0, 0.05) is 11.6 Å². The molecule has 0 aliphatic heterocycles. The number of hydrogen-bond donors (Lipinski definition) is 1. The number of aryl methyl sites for hydroxylation is 1. The average molecular weight is 300 g/mol. The highest BCUT2D eigenvalue weighted by Crippen LogP contribution is 2.25. The Kier molecular flexibility index (Phi) is 4.35. The molecule has 2 aromatic rings. The van der Waals surface area contributed by atoms with Crippen molar-refractivity contribution < 1.29 is 13.2 Å². The lowest BCUT2D eigenvalue weighted by molar-refractivity contribution is 0.519. The minimum Gasteiger partial charge on any atom is -0.323 e. The summed E-state index contributed by atoms with van der Waals surface area (Å²) in [5.74, 6) is -1.94. The third-order valence-electron chi connectivity index (χ3n) is 3.13. The second kappa shape index (κ2) is 5.85. The second-order valence-electron chi connectivity index (χ2n) is 4.65. The van der Waals surface area contributed by atoms with E-state index < -0.39 is 23.5 Å². The fourth-order valence-electron chi connectivity index (χ4n) is 2.04. The molecule has 0 radical (unpaired) electrons. The molecule has 0 aliphatic rings. The zero-order valence-corrected chi connectivity index (χ0v) is 11.5. The molecule has 2 N–H and O–H groups in total. The van der Waals surface area contributed by atoms with Gasteiger partial charge in [-0.25, -0.2) is 13.2 Å². The molecule has 106 valence electrons. The Bertz CT molecular complexity index is 643. The Morgan fingerprint density at radius 1 is 1.10 bits per heavy atom. The van der Waals surface area contributed by atoms with Crippen LogP contribution in [0.5, 0.6) is 0 Å². The number of rotatable bonds is 3. The quantitative estimate of drug-likeness (QED) is 0.898. The molecule has 1 atom stereocenters. The fraction of sp³-hybridized carbons (Fsp3) is 0.200. The zero-order valence-electron chi connectivity index (χ0n) is 10.8. The van der Waals surface area contributed by atoms with Gasteiger partial charge < -0.3 is 5.73 Å². The molecule has 0 aliphatic carbocycles. The van der Waals surface area contributed by atoms with E-state index in [0.29, 0.717) is 11.1 Å². The summed E-state index contributed by atoms with van der Waals surface area (Å²) < 4.78 is 41.0. The van der Waals surface area contributed by atoms with Gasteiger partial charge in [-0.3, -0.25) is 0 Å². The van der Waals surface area contributed by atoms with Crippen LogP contribution in [0.25, 0.3) is 0 Å². The van der Waals surface area contributed by atoms with E-state index >= 15 is 0 Å². The molecule has 0 heterocycles. The van der Waals surface area contributed by atoms with Crippen LogP contribution in [-0.2, 0) is 6.42 Å². The summed E-state index contributed by atoms with van der Waals surface area (Å²) in [5, 5.41) is -0.00441. The van der Waals surface area contributed by atoms with Gasteiger partial charge in [0.25, 0.3) is 0 Å². The lowest BCUT2D eigenvalue weighted by Gasteiger charge is -2.15. The van der Waals surface area contributed by atoms with Crippen molar-refractivity contribution in [3.63, 3.8) is 0 Å². The number of benzene rings is 2. The van der Waals surface area contributed by atoms with Gasteiger partial charge in [-0.15, -0.1) is 0 Å². The Balaban J connectivity index is 2.30. The van der Waals surface area contributed by atoms with Crippen molar-refractivity contribution in [2.24, 2.45) is 5.73 Å². The molecule has 0 aromatic heterocycles. The molecular formula is C15H13ClF3N. The lowest BCUT2D eigenvalue weighted by Crippen LogP contribution is -2.17. The van der Waals surface area contributed by atoms with Gasteiger partial charge in [0.05, 0.1) is 5.02 Å². The summed E-state index contributed by atoms with van der Waals surface area (Å²) in [6.45, 7) is 1.53. The first kappa shape index (κ1) is 14.9. The predicted molar refractivity (Wildman–Crippen MR) is 73.1 cm³/mol. The number of halogens is 4. The molecule has 2 aromatic carbocycles. The molecule has 0 saturated carbocycles. The fourth-order valence-corrected chi connectivity index (χ4v) is 2.16. The maximum absolute atomic E-state index is 13.9. The van der Waals surface area contributed by atoms with Crippen LogP contribution >= 0.6 is 11.6 Å². The van der Waals surface area contributed by atoms with Gasteiger partial charge in [0.15, 0.2) is 0 Å². The normalized spacial score (nSPS) is 12.5. The van der Waals surface area contributed by atoms with Crippen LogP contribution in [0.15, 0.2) is 30.3 Å². The van der Waals surface area contributed by atoms with Crippen molar-refractivity contribution in [3.05, 3.63) is 69.5 Å². The van der Waals surface area contributed by atoms with Crippen molar-refractivity contribution in [2.45, 2.75) is 19.4 Å². The van der Waals surface area contributed by atoms with Gasteiger partial charge in [-0.1, -0.05) is 23.7 Å². The first-order chi connectivity index (χ1) is 9.40. The molecule has 0 saturated heterocycles. The smallest absolute Gasteiger partial charge is 0.142 e. The lowest BCUT2D eigenvalue weighted by atomic mass is 9.97. The highest BCUT2D eigenvalue weighted by molar-refractivity contribution is 6.30. The van der Waals surface area contributed by atoms with Crippen LogP contribution in [0.3, 0.4) is 0 Å². The molecule has 0 amide bonds. The maximum atomic E-state index is 13.9. The van der Waals surface area contributed by atoms with Gasteiger partial charge >= 0.3 is 0 Å². The van der Waals surface area contributed by atoms with Gasteiger partial charge in [-0.05, 0) is 42.7 Å². The van der Waals surface area contributed by atoms with E-state index in [1.54, 1.807) is 6.07 Å². The minimum absolute atomic E-state index is 0.00441. The zero-order chi connectivity index (χ0) is 14.9. The van der Waals surface area contributed by atoms with Crippen LogP contribution < -0.4 is 5.73 Å². The standard InChI is InChI=1S/C15H13ClF3N/c1-8-2-5-11(17)14(15(8)19)13(20)7-9-3-4-10(16)12(18)6-9/h2-6,13H,7,20H2,1H3. The molecule has 0 fully saturated rings. The Labute approximate surface area is 120 Å². The molecule has 5 heteroatoms. The van der Waals surface area contributed by atoms with Crippen molar-refractivity contribution in [3.8, 4) is 0 Å². The predicted octanol–water partition coefficient (Wildman–Crippen LogP) is 4.31. The largest absolute Gasteiger partial charge is 0.323 e. The van der Waals surface area contributed by atoms with E-state index in [-0.39, 0.29) is 17.0 Å². The SMILES string of the molecule is Cc1ccc(F)c(C(N)Cc2ccc(Cl)c(F)c2)c1F. The van der Waals surface area contributed by atoms with E-state index in [2.05, 4.69) is 0 Å². The van der Waals surface area contributed by atoms with Gasteiger partial charge in [-0.2, -0.15) is 0 Å². The van der Waals surface area contributed by atoms with Gasteiger partial charge in [0.1, 0.15) is 17.5 Å². The summed E-state index contributed by atoms with van der Waals surface area (Å²) in [4.78, 5) is 0. The molecular weight excluding hydrogens is 287 g/mol. The summed E-state index contributed by atoms with van der Waals surface area (Å²) in [5.41, 5.74) is 6.52. The molecule has 1 nitrogen and oxygen atoms in total. The summed E-state index contributed by atoms with van der Waals surface area (Å²) in [6, 6.07) is 5.82. The van der Waals surface area contributed by atoms with Crippen molar-refractivity contribution in [1.29, 1.82) is 0 Å². The van der Waals surface area contributed by atoms with Crippen LogP contribution in [0.1, 0.15) is 22.7 Å². The van der Waals surface area contributed by atoms with E-state index in [4.69, 9.17) is 17.3 Å². The van der Waals surface area contributed by atoms with Crippen LogP contribution in [0, 0.1) is 24.4 Å². The summed E-state index contributed by atoms with van der Waals surface area (Å²) in [6.07, 6.45) is 0.116. The van der Waals surface area contributed by atoms with E-state index in [9.17, 15) is 13.2 Å². The van der Waals surface area contributed by atoms with Gasteiger partial charge in [0.2, 0.25) is 0 Å². The maximum Gasteiger partial charge on any atom is 0.142 e. The minimum atomic E-state index is -0.893. The molecule has 0 bridgehead atoms. The van der Waals surface area contributed by atoms with Crippen LogP contribution in [0.2, 0.25) is 5.02 Å². The van der Waals surface area contributed by atoms with Crippen molar-refractivity contribution >= 4 is 11.6 Å². The number of nitrogens with two attached hydrogens (primary N) is 1. The third-order valence-corrected chi connectivity index (χ3v) is 3.44.